The molecule has 0 bridgehead atoms. The van der Waals surface area contributed by atoms with Gasteiger partial charge in [-0.15, -0.1) is 10.2 Å². The Hall–Kier alpha value is -1.76. The lowest BCUT2D eigenvalue weighted by molar-refractivity contribution is 0.660. The van der Waals surface area contributed by atoms with Crippen molar-refractivity contribution in [2.24, 2.45) is 4.99 Å². The summed E-state index contributed by atoms with van der Waals surface area (Å²) in [6.07, 6.45) is 4.07. The molecule has 0 atom stereocenters. The number of hydrogen-bond donors (Lipinski definition) is 2. The van der Waals surface area contributed by atoms with E-state index >= 15 is 0 Å². The SMILES string of the molecule is CN=C(NCc1nnc2ccccn12)NCC(C)(C)SC. The molecule has 2 rings (SSSR count). The van der Waals surface area contributed by atoms with Crippen LogP contribution in [0.3, 0.4) is 0 Å². The van der Waals surface area contributed by atoms with Gasteiger partial charge in [0.25, 0.3) is 0 Å². The standard InChI is InChI=1S/C14H22N6S/c1-14(2,21-4)10-17-13(15-3)16-9-12-19-18-11-7-5-6-8-20(11)12/h5-8H,9-10H2,1-4H3,(H2,15,16,17). The predicted octanol–water partition coefficient (Wildman–Crippen LogP) is 1.54. The number of nitrogens with one attached hydrogen (secondary N) is 2. The number of aliphatic imine (C=N–C) groups is 1. The molecular weight excluding hydrogens is 284 g/mol. The van der Waals surface area contributed by atoms with Crippen LogP contribution in [0, 0.1) is 0 Å². The molecule has 7 heteroatoms. The van der Waals surface area contributed by atoms with Crippen molar-refractivity contribution in [2.75, 3.05) is 19.8 Å². The van der Waals surface area contributed by atoms with Gasteiger partial charge < -0.3 is 10.6 Å². The molecule has 0 aliphatic heterocycles. The van der Waals surface area contributed by atoms with Gasteiger partial charge in [0.1, 0.15) is 0 Å². The fraction of sp³-hybridized carbons (Fsp3) is 0.500. The topological polar surface area (TPSA) is 66.6 Å². The third-order valence-corrected chi connectivity index (χ3v) is 4.51. The minimum atomic E-state index is 0.166. The van der Waals surface area contributed by atoms with Crippen molar-refractivity contribution >= 4 is 23.4 Å². The van der Waals surface area contributed by atoms with E-state index in [9.17, 15) is 0 Å². The first-order valence-electron chi connectivity index (χ1n) is 6.84. The smallest absolute Gasteiger partial charge is 0.191 e. The van der Waals surface area contributed by atoms with Crippen LogP contribution in [0.2, 0.25) is 0 Å². The molecule has 6 nitrogen and oxygen atoms in total. The molecule has 0 aromatic carbocycles. The van der Waals surface area contributed by atoms with Crippen LogP contribution in [0.1, 0.15) is 19.7 Å². The van der Waals surface area contributed by atoms with Gasteiger partial charge in [-0.2, -0.15) is 11.8 Å². The van der Waals surface area contributed by atoms with Gasteiger partial charge in [0.2, 0.25) is 0 Å². The second-order valence-electron chi connectivity index (χ2n) is 5.29. The van der Waals surface area contributed by atoms with Gasteiger partial charge >= 0.3 is 0 Å². The molecule has 2 aromatic rings. The molecule has 2 aromatic heterocycles. The summed E-state index contributed by atoms with van der Waals surface area (Å²) in [5.74, 6) is 1.63. The van der Waals surface area contributed by atoms with Gasteiger partial charge in [0.15, 0.2) is 17.4 Å². The average molecular weight is 306 g/mol. The van der Waals surface area contributed by atoms with Crippen molar-refractivity contribution in [3.8, 4) is 0 Å². The van der Waals surface area contributed by atoms with E-state index in [2.05, 4.69) is 45.9 Å². The molecule has 0 aliphatic rings. The molecule has 0 aliphatic carbocycles. The van der Waals surface area contributed by atoms with E-state index in [0.717, 1.165) is 24.0 Å². The summed E-state index contributed by atoms with van der Waals surface area (Å²) in [6, 6.07) is 5.85. The minimum Gasteiger partial charge on any atom is -0.355 e. The quantitative estimate of drug-likeness (QED) is 0.648. The second-order valence-corrected chi connectivity index (χ2v) is 6.80. The molecule has 0 saturated carbocycles. The van der Waals surface area contributed by atoms with E-state index in [1.165, 1.54) is 0 Å². The monoisotopic (exact) mass is 306 g/mol. The number of nitrogens with zero attached hydrogens (tertiary/aromatic N) is 4. The molecule has 0 amide bonds. The molecule has 0 spiro atoms. The Bertz CT molecular complexity index is 619. The van der Waals surface area contributed by atoms with Gasteiger partial charge in [-0.1, -0.05) is 6.07 Å². The second kappa shape index (κ2) is 6.80. The van der Waals surface area contributed by atoms with Crippen LogP contribution in [0.15, 0.2) is 29.4 Å². The van der Waals surface area contributed by atoms with Crippen molar-refractivity contribution in [2.45, 2.75) is 25.1 Å². The zero-order valence-electron chi connectivity index (χ0n) is 12.9. The van der Waals surface area contributed by atoms with Crippen molar-refractivity contribution in [1.82, 2.24) is 25.2 Å². The lowest BCUT2D eigenvalue weighted by Crippen LogP contribution is -2.43. The van der Waals surface area contributed by atoms with Crippen LogP contribution < -0.4 is 10.6 Å². The average Bonchev–Trinajstić information content (AvgIpc) is 2.91. The number of thioether (sulfide) groups is 1. The number of rotatable bonds is 5. The van der Waals surface area contributed by atoms with E-state index in [-0.39, 0.29) is 4.75 Å². The number of guanidine groups is 1. The van der Waals surface area contributed by atoms with Crippen LogP contribution in [-0.4, -0.2) is 45.2 Å². The first-order chi connectivity index (χ1) is 10.1. The lowest BCUT2D eigenvalue weighted by atomic mass is 10.2. The maximum Gasteiger partial charge on any atom is 0.191 e. The Kier molecular flexibility index (Phi) is 5.06. The van der Waals surface area contributed by atoms with Gasteiger partial charge in [0.05, 0.1) is 6.54 Å². The summed E-state index contributed by atoms with van der Waals surface area (Å²) in [6.45, 7) is 5.81. The van der Waals surface area contributed by atoms with Crippen LogP contribution >= 0.6 is 11.8 Å². The maximum atomic E-state index is 4.23. The highest BCUT2D eigenvalue weighted by atomic mass is 32.2. The number of fused-ring (bicyclic) bond motifs is 1. The molecule has 0 radical (unpaired) electrons. The lowest BCUT2D eigenvalue weighted by Gasteiger charge is -2.23. The summed E-state index contributed by atoms with van der Waals surface area (Å²) in [4.78, 5) is 4.23. The number of pyridine rings is 1. The number of aromatic nitrogens is 3. The zero-order valence-corrected chi connectivity index (χ0v) is 13.7. The summed E-state index contributed by atoms with van der Waals surface area (Å²) in [5.41, 5.74) is 0.848. The molecular formula is C14H22N6S. The van der Waals surface area contributed by atoms with E-state index in [0.29, 0.717) is 6.54 Å². The van der Waals surface area contributed by atoms with Crippen molar-refractivity contribution in [1.29, 1.82) is 0 Å². The van der Waals surface area contributed by atoms with Gasteiger partial charge in [0, 0.05) is 24.5 Å². The summed E-state index contributed by atoms with van der Waals surface area (Å²) in [5, 5.41) is 14.9. The predicted molar refractivity (Wildman–Crippen MR) is 88.8 cm³/mol. The summed E-state index contributed by atoms with van der Waals surface area (Å²) >= 11 is 1.83. The molecule has 0 saturated heterocycles. The molecule has 0 fully saturated rings. The van der Waals surface area contributed by atoms with E-state index in [1.54, 1.807) is 7.05 Å². The zero-order chi connectivity index (χ0) is 15.3. The largest absolute Gasteiger partial charge is 0.355 e. The molecule has 0 unspecified atom stereocenters. The van der Waals surface area contributed by atoms with Crippen LogP contribution in [0.4, 0.5) is 0 Å². The van der Waals surface area contributed by atoms with Crippen molar-refractivity contribution in [3.63, 3.8) is 0 Å². The molecule has 21 heavy (non-hydrogen) atoms. The summed E-state index contributed by atoms with van der Waals surface area (Å²) < 4.78 is 2.13. The van der Waals surface area contributed by atoms with E-state index < -0.39 is 0 Å². The van der Waals surface area contributed by atoms with E-state index in [4.69, 9.17) is 0 Å². The molecule has 2 heterocycles. The Balaban J connectivity index is 1.95. The fourth-order valence-corrected chi connectivity index (χ4v) is 1.98. The van der Waals surface area contributed by atoms with Gasteiger partial charge in [-0.05, 0) is 32.2 Å². The Labute approximate surface area is 129 Å². The maximum absolute atomic E-state index is 4.23. The Morgan fingerprint density at radius 3 is 2.86 bits per heavy atom. The highest BCUT2D eigenvalue weighted by Gasteiger charge is 2.16. The van der Waals surface area contributed by atoms with E-state index in [1.807, 2.05) is 40.6 Å². The van der Waals surface area contributed by atoms with Crippen LogP contribution in [-0.2, 0) is 6.54 Å². The molecule has 114 valence electrons. The first kappa shape index (κ1) is 15.6. The van der Waals surface area contributed by atoms with Crippen LogP contribution in [0.25, 0.3) is 5.65 Å². The third-order valence-electron chi connectivity index (χ3n) is 3.26. The van der Waals surface area contributed by atoms with Crippen molar-refractivity contribution in [3.05, 3.63) is 30.2 Å². The third kappa shape index (κ3) is 4.10. The normalized spacial score (nSPS) is 12.7. The Morgan fingerprint density at radius 1 is 1.33 bits per heavy atom. The highest BCUT2D eigenvalue weighted by molar-refractivity contribution is 7.99. The van der Waals surface area contributed by atoms with Crippen molar-refractivity contribution < 1.29 is 0 Å². The van der Waals surface area contributed by atoms with Gasteiger partial charge in [-0.25, -0.2) is 0 Å². The Morgan fingerprint density at radius 2 is 2.14 bits per heavy atom. The molecule has 2 N–H and O–H groups in total. The highest BCUT2D eigenvalue weighted by Crippen LogP contribution is 2.19. The van der Waals surface area contributed by atoms with Gasteiger partial charge in [-0.3, -0.25) is 9.39 Å². The fourth-order valence-electron chi connectivity index (χ4n) is 1.76. The van der Waals surface area contributed by atoms with Crippen LogP contribution in [0.5, 0.6) is 0 Å². The summed E-state index contributed by atoms with van der Waals surface area (Å²) in [7, 11) is 1.77. The minimum absolute atomic E-state index is 0.166. The first-order valence-corrected chi connectivity index (χ1v) is 8.06. The number of hydrogen-bond acceptors (Lipinski definition) is 4.